The first-order chi connectivity index (χ1) is 12.2. The molecule has 2 rings (SSSR count). The maximum absolute atomic E-state index is 13.3. The molecule has 0 bridgehead atoms. The molecule has 2 aromatic rings. The van der Waals surface area contributed by atoms with Crippen molar-refractivity contribution in [3.05, 3.63) is 52.3 Å². The third kappa shape index (κ3) is 3.49. The van der Waals surface area contributed by atoms with Gasteiger partial charge in [-0.1, -0.05) is 0 Å². The van der Waals surface area contributed by atoms with E-state index in [-0.39, 0.29) is 23.6 Å². The van der Waals surface area contributed by atoms with Gasteiger partial charge in [-0.15, -0.1) is 0 Å². The number of halogens is 2. The summed E-state index contributed by atoms with van der Waals surface area (Å²) in [6, 6.07) is 2.96. The second-order valence-corrected chi connectivity index (χ2v) is 5.63. The smallest absolute Gasteiger partial charge is 0.379 e. The van der Waals surface area contributed by atoms with Gasteiger partial charge in [0.25, 0.3) is 11.7 Å². The van der Waals surface area contributed by atoms with Crippen molar-refractivity contribution in [1.29, 1.82) is 0 Å². The van der Waals surface area contributed by atoms with Crippen LogP contribution >= 0.6 is 0 Å². The van der Waals surface area contributed by atoms with Crippen LogP contribution in [0.2, 0.25) is 0 Å². The minimum atomic E-state index is -1.10. The first kappa shape index (κ1) is 19.3. The molecule has 6 nitrogen and oxygen atoms in total. The summed E-state index contributed by atoms with van der Waals surface area (Å²) in [5.74, 6) is -4.60. The minimum Gasteiger partial charge on any atom is -0.460 e. The maximum Gasteiger partial charge on any atom is 0.379 e. The number of ketones is 1. The number of aromatic nitrogens is 1. The molecule has 8 heteroatoms. The van der Waals surface area contributed by atoms with Crippen LogP contribution < -0.4 is 5.32 Å². The van der Waals surface area contributed by atoms with Crippen molar-refractivity contribution in [3.63, 3.8) is 0 Å². The lowest BCUT2D eigenvalue weighted by atomic mass is 10.1. The van der Waals surface area contributed by atoms with Gasteiger partial charge < -0.3 is 14.6 Å². The van der Waals surface area contributed by atoms with E-state index in [2.05, 4.69) is 5.32 Å². The van der Waals surface area contributed by atoms with Crippen LogP contribution in [0.5, 0.6) is 0 Å². The number of amides is 1. The van der Waals surface area contributed by atoms with E-state index in [1.165, 1.54) is 17.6 Å². The zero-order valence-corrected chi connectivity index (χ0v) is 14.8. The van der Waals surface area contributed by atoms with Crippen LogP contribution in [0.1, 0.15) is 39.0 Å². The molecule has 1 heterocycles. The van der Waals surface area contributed by atoms with Gasteiger partial charge in [-0.25, -0.2) is 13.6 Å². The fourth-order valence-corrected chi connectivity index (χ4v) is 2.70. The number of anilines is 1. The lowest BCUT2D eigenvalue weighted by molar-refractivity contribution is -0.137. The molecule has 0 radical (unpaired) electrons. The summed E-state index contributed by atoms with van der Waals surface area (Å²) >= 11 is 0. The molecular formula is C18H18F2N2O4. The number of esters is 1. The Morgan fingerprint density at radius 1 is 1.15 bits per heavy atom. The second-order valence-electron chi connectivity index (χ2n) is 5.63. The molecule has 0 saturated heterocycles. The first-order valence-electron chi connectivity index (χ1n) is 7.82. The Kier molecular flexibility index (Phi) is 5.54. The molecule has 0 atom stereocenters. The van der Waals surface area contributed by atoms with Crippen LogP contribution in [-0.2, 0) is 16.6 Å². The molecule has 0 unspecified atom stereocenters. The van der Waals surface area contributed by atoms with E-state index >= 15 is 0 Å². The number of rotatable bonds is 5. The summed E-state index contributed by atoms with van der Waals surface area (Å²) in [6.45, 7) is 4.75. The van der Waals surface area contributed by atoms with E-state index in [0.717, 1.165) is 12.1 Å². The van der Waals surface area contributed by atoms with Crippen LogP contribution in [0.3, 0.4) is 0 Å². The molecule has 0 aliphatic heterocycles. The summed E-state index contributed by atoms with van der Waals surface area (Å²) in [5, 5.41) is 2.45. The van der Waals surface area contributed by atoms with Gasteiger partial charge in [0.05, 0.1) is 12.2 Å². The standard InChI is InChI=1S/C18H18F2N2O4/c1-5-26-18(25)16(23)14-9(2)15(22(4)10(14)3)17(24)21-11-6-7-12(19)13(20)8-11/h6-8H,5H2,1-4H3,(H,21,24). The Morgan fingerprint density at radius 2 is 1.81 bits per heavy atom. The summed E-state index contributed by atoms with van der Waals surface area (Å²) in [4.78, 5) is 36.6. The molecular weight excluding hydrogens is 346 g/mol. The lowest BCUT2D eigenvalue weighted by Gasteiger charge is -2.08. The minimum absolute atomic E-state index is 0.0545. The first-order valence-corrected chi connectivity index (χ1v) is 7.82. The number of carbonyl (C=O) groups is 3. The van der Waals surface area contributed by atoms with Gasteiger partial charge in [-0.2, -0.15) is 0 Å². The zero-order valence-electron chi connectivity index (χ0n) is 14.8. The number of nitrogens with one attached hydrogen (secondary N) is 1. The summed E-state index contributed by atoms with van der Waals surface area (Å²) < 4.78 is 32.5. The molecule has 0 aliphatic rings. The van der Waals surface area contributed by atoms with E-state index in [1.54, 1.807) is 20.9 Å². The molecule has 1 aromatic carbocycles. The normalized spacial score (nSPS) is 10.5. The van der Waals surface area contributed by atoms with Crippen LogP contribution in [-0.4, -0.2) is 28.8 Å². The SMILES string of the molecule is CCOC(=O)C(=O)c1c(C)c(C(=O)Nc2ccc(F)c(F)c2)n(C)c1C. The van der Waals surface area contributed by atoms with Crippen LogP contribution in [0.25, 0.3) is 0 Å². The number of nitrogens with zero attached hydrogens (tertiary/aromatic N) is 1. The summed E-state index contributed by atoms with van der Waals surface area (Å²) in [5.41, 5.74) is 0.978. The lowest BCUT2D eigenvalue weighted by Crippen LogP contribution is -2.19. The largest absolute Gasteiger partial charge is 0.460 e. The number of hydrogen-bond donors (Lipinski definition) is 1. The highest BCUT2D eigenvalue weighted by atomic mass is 19.2. The van der Waals surface area contributed by atoms with Crippen LogP contribution in [0.4, 0.5) is 14.5 Å². The van der Waals surface area contributed by atoms with Crippen LogP contribution in [0, 0.1) is 25.5 Å². The molecule has 138 valence electrons. The molecule has 26 heavy (non-hydrogen) atoms. The van der Waals surface area contributed by atoms with Crippen molar-refractivity contribution in [1.82, 2.24) is 4.57 Å². The monoisotopic (exact) mass is 364 g/mol. The van der Waals surface area contributed by atoms with Gasteiger partial charge in [-0.05, 0) is 38.5 Å². The molecule has 1 aromatic heterocycles. The number of Topliss-reactive ketones (excluding diaryl/α,β-unsaturated/α-hetero) is 1. The molecule has 1 N–H and O–H groups in total. The van der Waals surface area contributed by atoms with Gasteiger partial charge >= 0.3 is 5.97 Å². The van der Waals surface area contributed by atoms with Gasteiger partial charge in [0.15, 0.2) is 11.6 Å². The van der Waals surface area contributed by atoms with Crippen molar-refractivity contribution in [3.8, 4) is 0 Å². The van der Waals surface area contributed by atoms with Crippen LogP contribution in [0.15, 0.2) is 18.2 Å². The number of carbonyl (C=O) groups excluding carboxylic acids is 3. The molecule has 0 saturated carbocycles. The Hall–Kier alpha value is -3.03. The third-order valence-corrected chi connectivity index (χ3v) is 4.01. The number of benzene rings is 1. The van der Waals surface area contributed by atoms with Crippen molar-refractivity contribution in [2.75, 3.05) is 11.9 Å². The van der Waals surface area contributed by atoms with Gasteiger partial charge in [0.1, 0.15) is 5.69 Å². The second kappa shape index (κ2) is 7.47. The van der Waals surface area contributed by atoms with E-state index < -0.39 is 29.3 Å². The van der Waals surface area contributed by atoms with Crippen molar-refractivity contribution >= 4 is 23.3 Å². The Labute approximate surface area is 148 Å². The predicted octanol–water partition coefficient (Wildman–Crippen LogP) is 2.92. The Bertz CT molecular complexity index is 903. The third-order valence-electron chi connectivity index (χ3n) is 4.01. The molecule has 0 spiro atoms. The quantitative estimate of drug-likeness (QED) is 0.503. The predicted molar refractivity (Wildman–Crippen MR) is 90.2 cm³/mol. The van der Waals surface area contributed by atoms with Gasteiger partial charge in [-0.3, -0.25) is 9.59 Å². The average Bonchev–Trinajstić information content (AvgIpc) is 2.80. The summed E-state index contributed by atoms with van der Waals surface area (Å²) in [6.07, 6.45) is 0. The van der Waals surface area contributed by atoms with E-state index in [9.17, 15) is 23.2 Å². The highest BCUT2D eigenvalue weighted by Crippen LogP contribution is 2.23. The molecule has 0 fully saturated rings. The number of hydrogen-bond acceptors (Lipinski definition) is 4. The fraction of sp³-hybridized carbons (Fsp3) is 0.278. The van der Waals surface area contributed by atoms with E-state index in [0.29, 0.717) is 11.3 Å². The van der Waals surface area contributed by atoms with Gasteiger partial charge in [0.2, 0.25) is 0 Å². The number of ether oxygens (including phenoxy) is 1. The Balaban J connectivity index is 2.39. The van der Waals surface area contributed by atoms with Crippen molar-refractivity contribution in [2.24, 2.45) is 7.05 Å². The summed E-state index contributed by atoms with van der Waals surface area (Å²) in [7, 11) is 1.56. The highest BCUT2D eigenvalue weighted by molar-refractivity contribution is 6.41. The van der Waals surface area contributed by atoms with Gasteiger partial charge in [0, 0.05) is 24.5 Å². The average molecular weight is 364 g/mol. The van der Waals surface area contributed by atoms with E-state index in [4.69, 9.17) is 4.74 Å². The highest BCUT2D eigenvalue weighted by Gasteiger charge is 2.29. The molecule has 1 amide bonds. The zero-order chi connectivity index (χ0) is 19.6. The molecule has 0 aliphatic carbocycles. The fourth-order valence-electron chi connectivity index (χ4n) is 2.70. The van der Waals surface area contributed by atoms with Crippen molar-refractivity contribution < 1.29 is 27.9 Å². The van der Waals surface area contributed by atoms with Crippen molar-refractivity contribution in [2.45, 2.75) is 20.8 Å². The Morgan fingerprint density at radius 3 is 2.38 bits per heavy atom. The van der Waals surface area contributed by atoms with E-state index in [1.807, 2.05) is 0 Å². The topological polar surface area (TPSA) is 77.4 Å². The maximum atomic E-state index is 13.3.